The molecule has 2 saturated heterocycles. The number of hydrogen-bond donors (Lipinski definition) is 12. The number of nitrogens with one attached hydrogen (secondary N) is 7. The van der Waals surface area contributed by atoms with Gasteiger partial charge in [-0.15, -0.1) is 0 Å². The van der Waals surface area contributed by atoms with Gasteiger partial charge in [-0.1, -0.05) is 64.1 Å². The third kappa shape index (κ3) is 19.1. The predicted molar refractivity (Wildman–Crippen MR) is 259 cm³/mol. The van der Waals surface area contributed by atoms with Crippen LogP contribution in [-0.4, -0.2) is 149 Å². The fraction of sp³-hybridized carbons (Fsp3) is 0.477. The van der Waals surface area contributed by atoms with Gasteiger partial charge in [0.05, 0.1) is 13.1 Å². The molecule has 2 aromatic rings. The molecule has 0 saturated carbocycles. The number of amides is 10. The molecule has 2 aliphatic rings. The highest BCUT2D eigenvalue weighted by Gasteiger charge is 2.39. The lowest BCUT2D eigenvalue weighted by atomic mass is 10.0. The minimum Gasteiger partial charge on any atom is -0.508 e. The van der Waals surface area contributed by atoms with E-state index in [9.17, 15) is 53.1 Å². The third-order valence-electron chi connectivity index (χ3n) is 10.9. The van der Waals surface area contributed by atoms with Crippen LogP contribution >= 0.6 is 21.6 Å². The summed E-state index contributed by atoms with van der Waals surface area (Å²) >= 11 is 0. The molecule has 6 atom stereocenters. The maximum atomic E-state index is 14.3. The summed E-state index contributed by atoms with van der Waals surface area (Å²) in [5, 5.41) is 28.0. The molecular weight excluding hydrogens is 951 g/mol. The van der Waals surface area contributed by atoms with Crippen LogP contribution in [0, 0.1) is 0 Å². The van der Waals surface area contributed by atoms with Gasteiger partial charge in [0, 0.05) is 50.3 Å². The first-order chi connectivity index (χ1) is 33.4. The molecule has 0 aliphatic carbocycles. The van der Waals surface area contributed by atoms with Crippen molar-refractivity contribution in [2.75, 3.05) is 37.7 Å². The smallest absolute Gasteiger partial charge is 0.246 e. The van der Waals surface area contributed by atoms with Gasteiger partial charge in [-0.25, -0.2) is 0 Å². The van der Waals surface area contributed by atoms with Crippen molar-refractivity contribution in [2.45, 2.75) is 94.0 Å². The second-order valence-electron chi connectivity index (χ2n) is 16.4. The van der Waals surface area contributed by atoms with Gasteiger partial charge in [-0.2, -0.15) is 0 Å². The molecule has 0 aromatic heterocycles. The SMILES string of the molecule is NC(=O)CCC1NC(=O)[C@H](Cc2ccccc2)NC(=O)C(Cc2ccc(O)cc2)NC(=O)CCSSC[C@@H](C(=O)N2CCC[C@H]2C(=O)N[C@H](CCCN=C(N)N)C(=O)NCC(N)=O)NC(=O)CNC1=O. The van der Waals surface area contributed by atoms with Crippen molar-refractivity contribution in [1.29, 1.82) is 0 Å². The number of phenolic OH excluding ortho intramolecular Hbond substituents is 1. The quantitative estimate of drug-likeness (QED) is 0.0316. The van der Waals surface area contributed by atoms with Crippen LogP contribution in [0.25, 0.3) is 0 Å². The average molecular weight is 1010 g/mol. The standard InChI is InChI=1S/C44H61N13O11S2/c45-34(59)15-14-29-39(64)51-23-37(62)53-32(43(68)57-18-5-9-33(57)42(67)55-28(8-4-17-49-44(47)48)38(63)50-22-35(46)60)24-70-69-19-16-36(61)52-30(21-26-10-12-27(58)13-11-26)40(65)56-31(41(66)54-29)20-25-6-2-1-3-7-25/h1-3,6-7,10-13,28-33,58H,4-5,8-9,14-24H2,(H2,45,59)(H2,46,60)(H,50,63)(H,51,64)(H,52,61)(H,53,62)(H,54,66)(H,55,67)(H,56,65)(H4,47,48,49)/t28-,29?,30?,31+,32+,33+/m1/s1. The number of hydrogen-bond acceptors (Lipinski definition) is 14. The number of carbonyl (C=O) groups is 10. The molecule has 0 radical (unpaired) electrons. The van der Waals surface area contributed by atoms with E-state index >= 15 is 0 Å². The van der Waals surface area contributed by atoms with E-state index in [2.05, 4.69) is 42.2 Å². The second-order valence-corrected chi connectivity index (χ2v) is 19.0. The number of benzene rings is 2. The molecule has 26 heteroatoms. The lowest BCUT2D eigenvalue weighted by Gasteiger charge is -2.30. The van der Waals surface area contributed by atoms with Gasteiger partial charge in [-0.3, -0.25) is 52.9 Å². The number of nitrogens with two attached hydrogens (primary N) is 4. The third-order valence-corrected chi connectivity index (χ3v) is 13.3. The summed E-state index contributed by atoms with van der Waals surface area (Å²) in [6.07, 6.45) is 0.0547. The van der Waals surface area contributed by atoms with Crippen molar-refractivity contribution >= 4 is 86.6 Å². The van der Waals surface area contributed by atoms with Crippen LogP contribution in [0.5, 0.6) is 5.75 Å². The Morgan fingerprint density at radius 2 is 1.44 bits per heavy atom. The van der Waals surface area contributed by atoms with Gasteiger partial charge in [0.2, 0.25) is 59.1 Å². The van der Waals surface area contributed by atoms with Crippen molar-refractivity contribution in [3.05, 3.63) is 65.7 Å². The Morgan fingerprint density at radius 1 is 0.786 bits per heavy atom. The number of aliphatic imine (C=N–C) groups is 1. The Balaban J connectivity index is 1.59. The molecule has 380 valence electrons. The highest BCUT2D eigenvalue weighted by atomic mass is 33.1. The lowest BCUT2D eigenvalue weighted by molar-refractivity contribution is -0.141. The van der Waals surface area contributed by atoms with Gasteiger partial charge in [-0.05, 0) is 55.4 Å². The van der Waals surface area contributed by atoms with Gasteiger partial charge < -0.3 is 70.2 Å². The predicted octanol–water partition coefficient (Wildman–Crippen LogP) is -3.59. The monoisotopic (exact) mass is 1010 g/mol. The van der Waals surface area contributed by atoms with Gasteiger partial charge in [0.25, 0.3) is 0 Å². The van der Waals surface area contributed by atoms with Gasteiger partial charge in [0.15, 0.2) is 5.96 Å². The topological polar surface area (TPSA) is 395 Å². The minimum atomic E-state index is -1.44. The highest BCUT2D eigenvalue weighted by Crippen LogP contribution is 2.26. The molecule has 2 fully saturated rings. The molecule has 2 aliphatic heterocycles. The number of aromatic hydroxyl groups is 1. The Kier molecular flexibility index (Phi) is 22.5. The van der Waals surface area contributed by atoms with E-state index in [4.69, 9.17) is 22.9 Å². The van der Waals surface area contributed by atoms with E-state index in [0.29, 0.717) is 17.5 Å². The van der Waals surface area contributed by atoms with Gasteiger partial charge in [0.1, 0.15) is 42.0 Å². The first-order valence-corrected chi connectivity index (χ1v) is 24.9. The summed E-state index contributed by atoms with van der Waals surface area (Å²) in [6, 6.07) is 7.15. The summed E-state index contributed by atoms with van der Waals surface area (Å²) in [4.78, 5) is 138. The van der Waals surface area contributed by atoms with E-state index < -0.39 is 108 Å². The first kappa shape index (κ1) is 55.5. The summed E-state index contributed by atoms with van der Waals surface area (Å²) in [5.74, 6) is -7.56. The minimum absolute atomic E-state index is 0.0194. The summed E-state index contributed by atoms with van der Waals surface area (Å²) in [6.45, 7) is -0.957. The number of nitrogens with zero attached hydrogens (tertiary/aromatic N) is 2. The maximum Gasteiger partial charge on any atom is 0.246 e. The van der Waals surface area contributed by atoms with Crippen molar-refractivity contribution in [1.82, 2.24) is 42.1 Å². The van der Waals surface area contributed by atoms with Crippen LogP contribution in [0.4, 0.5) is 0 Å². The largest absolute Gasteiger partial charge is 0.508 e. The van der Waals surface area contributed by atoms with E-state index in [1.54, 1.807) is 42.5 Å². The van der Waals surface area contributed by atoms with Crippen LogP contribution in [-0.2, 0) is 60.8 Å². The number of guanidine groups is 1. The number of primary amides is 2. The Labute approximate surface area is 411 Å². The Bertz CT molecular complexity index is 2220. The van der Waals surface area contributed by atoms with Crippen molar-refractivity contribution in [3.8, 4) is 5.75 Å². The number of carbonyl (C=O) groups excluding carboxylic acids is 10. The first-order valence-electron chi connectivity index (χ1n) is 22.4. The molecule has 2 aromatic carbocycles. The molecule has 0 bridgehead atoms. The van der Waals surface area contributed by atoms with Crippen molar-refractivity contribution in [3.63, 3.8) is 0 Å². The van der Waals surface area contributed by atoms with Crippen molar-refractivity contribution in [2.24, 2.45) is 27.9 Å². The molecule has 10 amide bonds. The van der Waals surface area contributed by atoms with Crippen LogP contribution < -0.4 is 60.2 Å². The van der Waals surface area contributed by atoms with Crippen LogP contribution in [0.2, 0.25) is 0 Å². The zero-order valence-electron chi connectivity index (χ0n) is 38.3. The average Bonchev–Trinajstić information content (AvgIpc) is 3.82. The summed E-state index contributed by atoms with van der Waals surface area (Å²) in [5.41, 5.74) is 22.6. The van der Waals surface area contributed by atoms with Gasteiger partial charge >= 0.3 is 0 Å². The Hall–Kier alpha value is -7.09. The fourth-order valence-corrected chi connectivity index (χ4v) is 9.51. The highest BCUT2D eigenvalue weighted by molar-refractivity contribution is 8.76. The molecular formula is C44H61N13O11S2. The Morgan fingerprint density at radius 3 is 2.10 bits per heavy atom. The molecule has 4 rings (SSSR count). The van der Waals surface area contributed by atoms with Crippen LogP contribution in [0.15, 0.2) is 59.6 Å². The van der Waals surface area contributed by atoms with E-state index in [-0.39, 0.29) is 87.7 Å². The van der Waals surface area contributed by atoms with E-state index in [1.165, 1.54) is 27.8 Å². The second kappa shape index (κ2) is 28.4. The van der Waals surface area contributed by atoms with E-state index in [0.717, 1.165) is 10.8 Å². The zero-order valence-corrected chi connectivity index (χ0v) is 39.9. The fourth-order valence-electron chi connectivity index (χ4n) is 7.36. The number of phenols is 1. The number of likely N-dealkylation sites (tertiary alicyclic amines) is 1. The zero-order chi connectivity index (χ0) is 51.2. The molecule has 70 heavy (non-hydrogen) atoms. The maximum absolute atomic E-state index is 14.3. The summed E-state index contributed by atoms with van der Waals surface area (Å²) < 4.78 is 0. The van der Waals surface area contributed by atoms with E-state index in [1.807, 2.05) is 0 Å². The lowest BCUT2D eigenvalue weighted by Crippen LogP contribution is -2.59. The molecule has 2 unspecified atom stereocenters. The molecule has 2 heterocycles. The van der Waals surface area contributed by atoms with Crippen molar-refractivity contribution < 1.29 is 53.1 Å². The van der Waals surface area contributed by atoms with Crippen LogP contribution in [0.1, 0.15) is 56.1 Å². The van der Waals surface area contributed by atoms with Crippen LogP contribution in [0.3, 0.4) is 0 Å². The normalized spacial score (nSPS) is 21.3. The molecule has 16 N–H and O–H groups in total. The molecule has 0 spiro atoms. The summed E-state index contributed by atoms with van der Waals surface area (Å²) in [7, 11) is 2.33. The molecule has 24 nitrogen and oxygen atoms in total. The number of rotatable bonds is 17.